The lowest BCUT2D eigenvalue weighted by Crippen LogP contribution is -2.12. The Morgan fingerprint density at radius 1 is 1.41 bits per heavy atom. The molecule has 0 aromatic heterocycles. The zero-order valence-corrected chi connectivity index (χ0v) is 10.3. The van der Waals surface area contributed by atoms with E-state index >= 15 is 0 Å². The summed E-state index contributed by atoms with van der Waals surface area (Å²) in [5.41, 5.74) is 0.745. The van der Waals surface area contributed by atoms with Crippen molar-refractivity contribution in [3.63, 3.8) is 0 Å². The van der Waals surface area contributed by atoms with E-state index in [1.54, 1.807) is 0 Å². The van der Waals surface area contributed by atoms with Crippen LogP contribution in [-0.2, 0) is 6.42 Å². The third-order valence-corrected chi connectivity index (χ3v) is 2.76. The largest absolute Gasteiger partial charge is 0.389 e. The number of hydrogen-bond acceptors (Lipinski definition) is 1. The van der Waals surface area contributed by atoms with E-state index in [2.05, 4.69) is 0 Å². The van der Waals surface area contributed by atoms with Gasteiger partial charge in [0.1, 0.15) is 0 Å². The smallest absolute Gasteiger partial charge is 0.344 e. The summed E-state index contributed by atoms with van der Waals surface area (Å²) in [7, 11) is 0. The molecule has 1 atom stereocenters. The van der Waals surface area contributed by atoms with Gasteiger partial charge in [0, 0.05) is 5.57 Å². The van der Waals surface area contributed by atoms with E-state index in [0.29, 0.717) is 12.8 Å². The molecule has 0 spiro atoms. The molecule has 0 saturated heterocycles. The van der Waals surface area contributed by atoms with Gasteiger partial charge < -0.3 is 5.11 Å². The van der Waals surface area contributed by atoms with Crippen LogP contribution in [0, 0.1) is 0 Å². The molecule has 0 aliphatic heterocycles. The maximum Gasteiger partial charge on any atom is 0.344 e. The molecular weight excluding hydrogens is 246 g/mol. The van der Waals surface area contributed by atoms with Crippen LogP contribution in [0.3, 0.4) is 0 Å². The van der Waals surface area contributed by atoms with E-state index in [4.69, 9.17) is 11.6 Å². The number of hydrogen-bond donors (Lipinski definition) is 1. The van der Waals surface area contributed by atoms with E-state index in [9.17, 15) is 13.9 Å². The minimum absolute atomic E-state index is 0.320. The van der Waals surface area contributed by atoms with Crippen LogP contribution in [0.25, 0.3) is 0 Å². The van der Waals surface area contributed by atoms with Gasteiger partial charge in [0.15, 0.2) is 0 Å². The highest BCUT2D eigenvalue weighted by Crippen LogP contribution is 2.28. The topological polar surface area (TPSA) is 20.2 Å². The molecule has 1 rings (SSSR count). The molecule has 0 aliphatic rings. The first-order chi connectivity index (χ1) is 7.89. The van der Waals surface area contributed by atoms with Gasteiger partial charge in [-0.2, -0.15) is 8.78 Å². The highest BCUT2D eigenvalue weighted by molar-refractivity contribution is 6.23. The number of benzene rings is 1. The Kier molecular flexibility index (Phi) is 5.09. The van der Waals surface area contributed by atoms with Crippen LogP contribution in [0.4, 0.5) is 8.78 Å². The molecule has 0 amide bonds. The van der Waals surface area contributed by atoms with Crippen molar-refractivity contribution in [3.05, 3.63) is 47.5 Å². The van der Waals surface area contributed by atoms with Crippen molar-refractivity contribution in [2.45, 2.75) is 31.3 Å². The van der Waals surface area contributed by atoms with E-state index in [-0.39, 0.29) is 5.57 Å². The SMILES string of the molecule is C/C(=C\C(O)CCc1ccccc1)C(F)(F)Cl. The molecule has 1 unspecified atom stereocenters. The van der Waals surface area contributed by atoms with Crippen LogP contribution in [0.5, 0.6) is 0 Å². The number of allylic oxidation sites excluding steroid dienone is 1. The van der Waals surface area contributed by atoms with Crippen LogP contribution in [0.2, 0.25) is 0 Å². The van der Waals surface area contributed by atoms with Gasteiger partial charge in [-0.05, 0) is 43.0 Å². The zero-order chi connectivity index (χ0) is 12.9. The Hall–Kier alpha value is -0.930. The van der Waals surface area contributed by atoms with Crippen LogP contribution < -0.4 is 0 Å². The molecule has 0 aliphatic carbocycles. The quantitative estimate of drug-likeness (QED) is 0.631. The minimum Gasteiger partial charge on any atom is -0.389 e. The molecule has 17 heavy (non-hydrogen) atoms. The second-order valence-corrected chi connectivity index (χ2v) is 4.41. The molecule has 94 valence electrons. The molecule has 1 aromatic rings. The Morgan fingerprint density at radius 2 is 2.00 bits per heavy atom. The maximum atomic E-state index is 12.6. The Bertz CT molecular complexity index is 371. The molecule has 0 fully saturated rings. The summed E-state index contributed by atoms with van der Waals surface area (Å²) in [5, 5.41) is 6.19. The Labute approximate surface area is 105 Å². The number of halogens is 3. The minimum atomic E-state index is -3.38. The number of alkyl halides is 3. The summed E-state index contributed by atoms with van der Waals surface area (Å²) in [4.78, 5) is 0. The third-order valence-electron chi connectivity index (χ3n) is 2.46. The number of aliphatic hydroxyl groups is 1. The second kappa shape index (κ2) is 6.12. The van der Waals surface area contributed by atoms with Gasteiger partial charge in [-0.3, -0.25) is 0 Å². The fraction of sp³-hybridized carbons (Fsp3) is 0.385. The predicted octanol–water partition coefficient (Wildman–Crippen LogP) is 3.76. The van der Waals surface area contributed by atoms with Crippen molar-refractivity contribution in [2.75, 3.05) is 0 Å². The van der Waals surface area contributed by atoms with E-state index in [1.165, 1.54) is 6.92 Å². The van der Waals surface area contributed by atoms with E-state index in [0.717, 1.165) is 11.6 Å². The first kappa shape index (κ1) is 14.1. The second-order valence-electron chi connectivity index (χ2n) is 3.94. The fourth-order valence-electron chi connectivity index (χ4n) is 1.43. The fourth-order valence-corrected chi connectivity index (χ4v) is 1.49. The number of aliphatic hydroxyl groups excluding tert-OH is 1. The monoisotopic (exact) mass is 260 g/mol. The van der Waals surface area contributed by atoms with Gasteiger partial charge in [-0.1, -0.05) is 30.3 Å². The molecule has 1 N–H and O–H groups in total. The molecule has 1 nitrogen and oxygen atoms in total. The lowest BCUT2D eigenvalue weighted by molar-refractivity contribution is 0.133. The molecule has 0 radical (unpaired) electrons. The Morgan fingerprint density at radius 3 is 2.53 bits per heavy atom. The van der Waals surface area contributed by atoms with Crippen molar-refractivity contribution >= 4 is 11.6 Å². The van der Waals surface area contributed by atoms with Crippen LogP contribution in [0.1, 0.15) is 18.9 Å². The highest BCUT2D eigenvalue weighted by Gasteiger charge is 2.27. The summed E-state index contributed by atoms with van der Waals surface area (Å²) in [5.74, 6) is 0. The number of rotatable bonds is 5. The van der Waals surface area contributed by atoms with Crippen LogP contribution >= 0.6 is 11.6 Å². The van der Waals surface area contributed by atoms with Gasteiger partial charge in [0.25, 0.3) is 0 Å². The summed E-state index contributed by atoms with van der Waals surface area (Å²) in [6.07, 6.45) is 1.24. The van der Waals surface area contributed by atoms with Gasteiger partial charge in [0.2, 0.25) is 0 Å². The van der Waals surface area contributed by atoms with Crippen molar-refractivity contribution in [1.82, 2.24) is 0 Å². The molecule has 0 heterocycles. The van der Waals surface area contributed by atoms with E-state index < -0.39 is 11.5 Å². The predicted molar refractivity (Wildman–Crippen MR) is 65.3 cm³/mol. The average Bonchev–Trinajstić information content (AvgIpc) is 2.26. The normalized spacial score (nSPS) is 14.8. The summed E-state index contributed by atoms with van der Waals surface area (Å²) >= 11 is 4.83. The van der Waals surface area contributed by atoms with Crippen molar-refractivity contribution in [2.24, 2.45) is 0 Å². The molecule has 1 aromatic carbocycles. The van der Waals surface area contributed by atoms with Crippen molar-refractivity contribution < 1.29 is 13.9 Å². The van der Waals surface area contributed by atoms with Gasteiger partial charge in [0.05, 0.1) is 6.10 Å². The lowest BCUT2D eigenvalue weighted by Gasteiger charge is -2.11. The maximum absolute atomic E-state index is 12.6. The standard InChI is InChI=1S/C13H15ClF2O/c1-10(13(14,15)16)9-12(17)8-7-11-5-3-2-4-6-11/h2-6,9,12,17H,7-8H2,1H3/b10-9+. The summed E-state index contributed by atoms with van der Waals surface area (Å²) in [6.45, 7) is 1.21. The lowest BCUT2D eigenvalue weighted by atomic mass is 10.1. The van der Waals surface area contributed by atoms with Crippen LogP contribution in [0.15, 0.2) is 42.0 Å². The molecule has 4 heteroatoms. The first-order valence-electron chi connectivity index (χ1n) is 5.37. The zero-order valence-electron chi connectivity index (χ0n) is 9.54. The highest BCUT2D eigenvalue weighted by atomic mass is 35.5. The van der Waals surface area contributed by atoms with Gasteiger partial charge in [-0.25, -0.2) is 0 Å². The number of aryl methyl sites for hydroxylation is 1. The first-order valence-corrected chi connectivity index (χ1v) is 5.75. The van der Waals surface area contributed by atoms with Crippen molar-refractivity contribution in [3.8, 4) is 0 Å². The van der Waals surface area contributed by atoms with Crippen molar-refractivity contribution in [1.29, 1.82) is 0 Å². The van der Waals surface area contributed by atoms with Gasteiger partial charge in [-0.15, -0.1) is 0 Å². The average molecular weight is 261 g/mol. The molecule has 0 bridgehead atoms. The summed E-state index contributed by atoms with van der Waals surface area (Å²) < 4.78 is 25.3. The Balaban J connectivity index is 2.48. The third kappa shape index (κ3) is 5.29. The summed E-state index contributed by atoms with van der Waals surface area (Å²) in [6, 6.07) is 9.56. The molecular formula is C13H15ClF2O. The molecule has 0 saturated carbocycles. The van der Waals surface area contributed by atoms with Gasteiger partial charge >= 0.3 is 5.38 Å². The van der Waals surface area contributed by atoms with E-state index in [1.807, 2.05) is 30.3 Å². The van der Waals surface area contributed by atoms with Crippen LogP contribution in [-0.4, -0.2) is 16.6 Å².